The van der Waals surface area contributed by atoms with Crippen LogP contribution < -0.4 is 5.32 Å². The molecule has 1 aromatic rings. The molecule has 0 heterocycles. The summed E-state index contributed by atoms with van der Waals surface area (Å²) < 4.78 is 26.2. The number of carbonyl (C=O) groups is 1. The summed E-state index contributed by atoms with van der Waals surface area (Å²) in [6, 6.07) is 0.953. The summed E-state index contributed by atoms with van der Waals surface area (Å²) in [7, 11) is 0. The van der Waals surface area contributed by atoms with Crippen LogP contribution in [0.1, 0.15) is 30.6 Å². The first kappa shape index (κ1) is 17.5. The van der Waals surface area contributed by atoms with Crippen molar-refractivity contribution in [2.24, 2.45) is 5.41 Å². The maximum Gasteiger partial charge on any atom is 0.285 e. The molecule has 0 saturated heterocycles. The van der Waals surface area contributed by atoms with Crippen LogP contribution in [-0.2, 0) is 0 Å². The molecule has 0 atom stereocenters. The Morgan fingerprint density at radius 1 is 1.38 bits per heavy atom. The average Bonchev–Trinajstić information content (AvgIpc) is 2.38. The third-order valence-electron chi connectivity index (χ3n) is 2.98. The van der Waals surface area contributed by atoms with Crippen LogP contribution in [0.5, 0.6) is 0 Å². The lowest BCUT2D eigenvalue weighted by atomic mass is 9.90. The largest absolute Gasteiger partial charge is 0.351 e. The number of hydrogen-bond acceptors (Lipinski definition) is 3. The highest BCUT2D eigenvalue weighted by molar-refractivity contribution is 9.09. The molecular weight excluding hydrogens is 350 g/mol. The number of amides is 1. The van der Waals surface area contributed by atoms with Gasteiger partial charge in [0.05, 0.1) is 11.0 Å². The Bertz CT molecular complexity index is 565. The highest BCUT2D eigenvalue weighted by atomic mass is 79.9. The predicted molar refractivity (Wildman–Crippen MR) is 77.5 cm³/mol. The lowest BCUT2D eigenvalue weighted by Gasteiger charge is -2.23. The van der Waals surface area contributed by atoms with Crippen LogP contribution in [0.4, 0.5) is 14.5 Å². The highest BCUT2D eigenvalue weighted by Gasteiger charge is 2.25. The van der Waals surface area contributed by atoms with Crippen LogP contribution in [0.2, 0.25) is 0 Å². The maximum atomic E-state index is 13.2. The number of halogens is 3. The first-order chi connectivity index (χ1) is 9.68. The third-order valence-corrected chi connectivity index (χ3v) is 3.38. The number of carbonyl (C=O) groups excluding carboxylic acids is 1. The Labute approximate surface area is 129 Å². The van der Waals surface area contributed by atoms with Crippen molar-refractivity contribution >= 4 is 27.5 Å². The molecule has 116 valence electrons. The van der Waals surface area contributed by atoms with Gasteiger partial charge in [-0.15, -0.1) is 0 Å². The zero-order chi connectivity index (χ0) is 16.2. The van der Waals surface area contributed by atoms with Crippen LogP contribution >= 0.6 is 15.9 Å². The van der Waals surface area contributed by atoms with Crippen LogP contribution in [0.3, 0.4) is 0 Å². The van der Waals surface area contributed by atoms with Crippen molar-refractivity contribution in [1.82, 2.24) is 5.32 Å². The van der Waals surface area contributed by atoms with E-state index in [9.17, 15) is 23.7 Å². The summed E-state index contributed by atoms with van der Waals surface area (Å²) in [4.78, 5) is 21.9. The Hall–Kier alpha value is -1.57. The molecule has 0 radical (unpaired) electrons. The smallest absolute Gasteiger partial charge is 0.285 e. The van der Waals surface area contributed by atoms with Gasteiger partial charge >= 0.3 is 0 Å². The number of rotatable bonds is 6. The zero-order valence-electron chi connectivity index (χ0n) is 11.6. The van der Waals surface area contributed by atoms with Gasteiger partial charge in [-0.2, -0.15) is 0 Å². The monoisotopic (exact) mass is 364 g/mol. The van der Waals surface area contributed by atoms with Gasteiger partial charge in [0.25, 0.3) is 11.6 Å². The van der Waals surface area contributed by atoms with Gasteiger partial charge in [0.1, 0.15) is 5.56 Å². The average molecular weight is 365 g/mol. The van der Waals surface area contributed by atoms with Gasteiger partial charge in [-0.1, -0.05) is 29.8 Å². The van der Waals surface area contributed by atoms with Gasteiger partial charge < -0.3 is 5.32 Å². The summed E-state index contributed by atoms with van der Waals surface area (Å²) in [5.41, 5.74) is -1.48. The molecule has 5 nitrogen and oxygen atoms in total. The molecule has 0 saturated carbocycles. The van der Waals surface area contributed by atoms with Crippen molar-refractivity contribution in [3.05, 3.63) is 39.4 Å². The lowest BCUT2D eigenvalue weighted by Crippen LogP contribution is -2.34. The molecule has 0 bridgehead atoms. The van der Waals surface area contributed by atoms with E-state index in [0.717, 1.165) is 11.8 Å². The Morgan fingerprint density at radius 2 is 1.95 bits per heavy atom. The maximum absolute atomic E-state index is 13.2. The number of nitro benzene ring substituents is 1. The van der Waals surface area contributed by atoms with Crippen LogP contribution in [0.25, 0.3) is 0 Å². The molecule has 0 aliphatic heterocycles. The van der Waals surface area contributed by atoms with Crippen molar-refractivity contribution < 1.29 is 18.5 Å². The van der Waals surface area contributed by atoms with Gasteiger partial charge in [0.15, 0.2) is 11.6 Å². The minimum atomic E-state index is -1.36. The first-order valence-electron chi connectivity index (χ1n) is 6.15. The second-order valence-electron chi connectivity index (χ2n) is 5.33. The summed E-state index contributed by atoms with van der Waals surface area (Å²) in [5, 5.41) is 14.1. The van der Waals surface area contributed by atoms with Crippen molar-refractivity contribution in [3.63, 3.8) is 0 Å². The molecule has 1 rings (SSSR count). The SMILES string of the molecule is CC(C)(CCBr)CNC(=O)c1cc(F)c(F)cc1[N+](=O)[O-]. The van der Waals surface area contributed by atoms with Crippen LogP contribution in [0.15, 0.2) is 12.1 Å². The highest BCUT2D eigenvalue weighted by Crippen LogP contribution is 2.24. The summed E-state index contributed by atoms with van der Waals surface area (Å²) in [5.74, 6) is -3.47. The molecule has 8 heteroatoms. The fourth-order valence-corrected chi connectivity index (χ4v) is 2.70. The molecule has 1 N–H and O–H groups in total. The predicted octanol–water partition coefficient (Wildman–Crippen LogP) is 3.41. The number of alkyl halides is 1. The normalized spacial score (nSPS) is 11.3. The second-order valence-corrected chi connectivity index (χ2v) is 6.12. The van der Waals surface area contributed by atoms with Gasteiger partial charge in [-0.05, 0) is 17.9 Å². The Balaban J connectivity index is 2.97. The van der Waals surface area contributed by atoms with E-state index in [4.69, 9.17) is 0 Å². The number of nitrogens with one attached hydrogen (secondary N) is 1. The number of nitrogens with zero attached hydrogens (tertiary/aromatic N) is 1. The number of benzene rings is 1. The van der Waals surface area contributed by atoms with Gasteiger partial charge in [0.2, 0.25) is 0 Å². The van der Waals surface area contributed by atoms with Gasteiger partial charge in [-0.3, -0.25) is 14.9 Å². The van der Waals surface area contributed by atoms with Crippen LogP contribution in [0, 0.1) is 27.2 Å². The van der Waals surface area contributed by atoms with Crippen molar-refractivity contribution in [3.8, 4) is 0 Å². The lowest BCUT2D eigenvalue weighted by molar-refractivity contribution is -0.385. The quantitative estimate of drug-likeness (QED) is 0.477. The second kappa shape index (κ2) is 6.93. The van der Waals surface area contributed by atoms with E-state index >= 15 is 0 Å². The number of hydrogen-bond donors (Lipinski definition) is 1. The molecule has 21 heavy (non-hydrogen) atoms. The van der Waals surface area contributed by atoms with Crippen molar-refractivity contribution in [2.75, 3.05) is 11.9 Å². The summed E-state index contributed by atoms with van der Waals surface area (Å²) in [6.45, 7) is 4.08. The minimum absolute atomic E-state index is 0.230. The molecule has 0 fully saturated rings. The minimum Gasteiger partial charge on any atom is -0.351 e. The third kappa shape index (κ3) is 4.73. The fraction of sp³-hybridized carbons (Fsp3) is 0.462. The van der Waals surface area contributed by atoms with Crippen molar-refractivity contribution in [2.45, 2.75) is 20.3 Å². The molecule has 0 spiro atoms. The first-order valence-corrected chi connectivity index (χ1v) is 7.27. The van der Waals surface area contributed by atoms with Gasteiger partial charge in [-0.25, -0.2) is 8.78 Å². The molecule has 0 aliphatic carbocycles. The Kier molecular flexibility index (Phi) is 5.77. The standard InChI is InChI=1S/C13H15BrF2N2O3/c1-13(2,3-4-14)7-17-12(19)8-5-9(15)10(16)6-11(8)18(20)21/h5-6H,3-4,7H2,1-2H3,(H,17,19). The number of nitro groups is 1. The Morgan fingerprint density at radius 3 is 2.48 bits per heavy atom. The summed E-state index contributed by atoms with van der Waals surface area (Å²) >= 11 is 3.29. The van der Waals surface area contributed by atoms with E-state index in [0.29, 0.717) is 12.1 Å². The van der Waals surface area contributed by atoms with E-state index in [1.165, 1.54) is 0 Å². The molecule has 1 amide bonds. The van der Waals surface area contributed by atoms with E-state index in [1.807, 2.05) is 13.8 Å². The van der Waals surface area contributed by atoms with E-state index in [1.54, 1.807) is 0 Å². The molecule has 0 aromatic heterocycles. The topological polar surface area (TPSA) is 72.2 Å². The summed E-state index contributed by atoms with van der Waals surface area (Å²) in [6.07, 6.45) is 0.771. The molecule has 1 aromatic carbocycles. The molecule has 0 aliphatic rings. The van der Waals surface area contributed by atoms with Crippen LogP contribution in [-0.4, -0.2) is 22.7 Å². The molecule has 0 unspecified atom stereocenters. The van der Waals surface area contributed by atoms with E-state index in [2.05, 4.69) is 21.2 Å². The van der Waals surface area contributed by atoms with Gasteiger partial charge in [0, 0.05) is 11.9 Å². The van der Waals surface area contributed by atoms with Crippen molar-refractivity contribution in [1.29, 1.82) is 0 Å². The zero-order valence-corrected chi connectivity index (χ0v) is 13.2. The van der Waals surface area contributed by atoms with E-state index < -0.39 is 33.7 Å². The van der Waals surface area contributed by atoms with E-state index in [-0.39, 0.29) is 12.0 Å². The molecular formula is C13H15BrF2N2O3. The fourth-order valence-electron chi connectivity index (χ4n) is 1.63.